The molecule has 0 aromatic heterocycles. The molecule has 0 radical (unpaired) electrons. The molecule has 4 nitrogen and oxygen atoms in total. The third-order valence-corrected chi connectivity index (χ3v) is 4.21. The van der Waals surface area contributed by atoms with E-state index in [-0.39, 0.29) is 24.7 Å². The predicted octanol–water partition coefficient (Wildman–Crippen LogP) is 1.69. The Morgan fingerprint density at radius 1 is 1.33 bits per heavy atom. The Morgan fingerprint density at radius 2 is 1.94 bits per heavy atom. The van der Waals surface area contributed by atoms with E-state index >= 15 is 0 Å². The zero-order chi connectivity index (χ0) is 13.2. The Kier molecular flexibility index (Phi) is 3.70. The van der Waals surface area contributed by atoms with Crippen LogP contribution in [0.4, 0.5) is 4.39 Å². The first-order chi connectivity index (χ1) is 8.47. The molecule has 0 saturated carbocycles. The first-order valence-corrected chi connectivity index (χ1v) is 6.98. The molecular weight excluding hydrogens is 259 g/mol. The molecule has 1 aromatic carbocycles. The molecule has 6 heteroatoms. The molecule has 1 heterocycles. The SMILES string of the molecule is Cc1ccc(S(=O)(=O)OCC2(CF)COC2)cc1. The summed E-state index contributed by atoms with van der Waals surface area (Å²) in [5.74, 6) is 0. The Morgan fingerprint density at radius 3 is 2.39 bits per heavy atom. The monoisotopic (exact) mass is 274 g/mol. The average Bonchev–Trinajstić information content (AvgIpc) is 2.29. The van der Waals surface area contributed by atoms with Crippen molar-refractivity contribution < 1.29 is 21.7 Å². The van der Waals surface area contributed by atoms with Gasteiger partial charge in [-0.05, 0) is 19.1 Å². The van der Waals surface area contributed by atoms with Gasteiger partial charge in [0.05, 0.1) is 30.1 Å². The largest absolute Gasteiger partial charge is 0.380 e. The third kappa shape index (κ3) is 2.71. The summed E-state index contributed by atoms with van der Waals surface area (Å²) < 4.78 is 46.3. The fourth-order valence-electron chi connectivity index (χ4n) is 1.57. The highest BCUT2D eigenvalue weighted by atomic mass is 32.2. The van der Waals surface area contributed by atoms with Gasteiger partial charge in [0.2, 0.25) is 0 Å². The van der Waals surface area contributed by atoms with Crippen LogP contribution in [0.1, 0.15) is 5.56 Å². The van der Waals surface area contributed by atoms with Crippen LogP contribution in [0.25, 0.3) is 0 Å². The van der Waals surface area contributed by atoms with Crippen molar-refractivity contribution in [1.82, 2.24) is 0 Å². The first kappa shape index (κ1) is 13.5. The van der Waals surface area contributed by atoms with Crippen LogP contribution in [-0.2, 0) is 19.0 Å². The normalized spacial score (nSPS) is 18.3. The van der Waals surface area contributed by atoms with Gasteiger partial charge in [-0.3, -0.25) is 8.57 Å². The molecule has 0 spiro atoms. The van der Waals surface area contributed by atoms with Crippen molar-refractivity contribution >= 4 is 10.1 Å². The Balaban J connectivity index is 2.05. The second-order valence-electron chi connectivity index (χ2n) is 4.66. The summed E-state index contributed by atoms with van der Waals surface area (Å²) >= 11 is 0. The van der Waals surface area contributed by atoms with E-state index in [2.05, 4.69) is 0 Å². The summed E-state index contributed by atoms with van der Waals surface area (Å²) in [6.45, 7) is 1.44. The van der Waals surface area contributed by atoms with Crippen molar-refractivity contribution in [2.24, 2.45) is 5.41 Å². The van der Waals surface area contributed by atoms with Crippen LogP contribution in [0.15, 0.2) is 29.2 Å². The van der Waals surface area contributed by atoms with E-state index in [4.69, 9.17) is 8.92 Å². The average molecular weight is 274 g/mol. The van der Waals surface area contributed by atoms with Crippen molar-refractivity contribution in [2.45, 2.75) is 11.8 Å². The fourth-order valence-corrected chi connectivity index (χ4v) is 2.58. The number of halogens is 1. The Labute approximate surface area is 106 Å². The molecule has 1 saturated heterocycles. The second-order valence-corrected chi connectivity index (χ2v) is 6.27. The maximum absolute atomic E-state index is 12.8. The van der Waals surface area contributed by atoms with Gasteiger partial charge < -0.3 is 4.74 Å². The summed E-state index contributed by atoms with van der Waals surface area (Å²) in [5.41, 5.74) is 0.166. The Hall–Kier alpha value is -0.980. The molecule has 1 aliphatic heterocycles. The zero-order valence-electron chi connectivity index (χ0n) is 10.1. The number of rotatable bonds is 5. The van der Waals surface area contributed by atoms with Crippen molar-refractivity contribution in [3.63, 3.8) is 0 Å². The van der Waals surface area contributed by atoms with E-state index in [0.717, 1.165) is 5.56 Å². The van der Waals surface area contributed by atoms with Crippen molar-refractivity contribution in [3.8, 4) is 0 Å². The van der Waals surface area contributed by atoms with Crippen LogP contribution in [-0.4, -0.2) is 34.9 Å². The van der Waals surface area contributed by atoms with Crippen LogP contribution in [0.5, 0.6) is 0 Å². The maximum atomic E-state index is 12.8. The number of hydrogen-bond acceptors (Lipinski definition) is 4. The lowest BCUT2D eigenvalue weighted by Gasteiger charge is -2.38. The molecule has 1 fully saturated rings. The molecule has 0 atom stereocenters. The van der Waals surface area contributed by atoms with Gasteiger partial charge in [0, 0.05) is 0 Å². The Bertz CT molecular complexity index is 500. The molecule has 0 aliphatic carbocycles. The highest BCUT2D eigenvalue weighted by Gasteiger charge is 2.40. The van der Waals surface area contributed by atoms with Gasteiger partial charge >= 0.3 is 0 Å². The smallest absolute Gasteiger partial charge is 0.296 e. The number of ether oxygens (including phenoxy) is 1. The van der Waals surface area contributed by atoms with Gasteiger partial charge in [-0.1, -0.05) is 17.7 Å². The lowest BCUT2D eigenvalue weighted by molar-refractivity contribution is -0.140. The molecule has 2 rings (SSSR count). The van der Waals surface area contributed by atoms with Gasteiger partial charge in [0.25, 0.3) is 10.1 Å². The molecule has 100 valence electrons. The standard InChI is InChI=1S/C12H15FO4S/c1-10-2-4-11(5-3-10)18(14,15)17-9-12(6-13)7-16-8-12/h2-5H,6-9H2,1H3. The van der Waals surface area contributed by atoms with E-state index in [0.29, 0.717) is 0 Å². The summed E-state index contributed by atoms with van der Waals surface area (Å²) in [6.07, 6.45) is 0. The van der Waals surface area contributed by atoms with Crippen molar-refractivity contribution in [2.75, 3.05) is 26.5 Å². The summed E-state index contributed by atoms with van der Waals surface area (Å²) in [5, 5.41) is 0. The number of alkyl halides is 1. The molecular formula is C12H15FO4S. The van der Waals surface area contributed by atoms with Crippen molar-refractivity contribution in [1.29, 1.82) is 0 Å². The third-order valence-electron chi connectivity index (χ3n) is 2.93. The topological polar surface area (TPSA) is 52.6 Å². The zero-order valence-corrected chi connectivity index (χ0v) is 10.9. The van der Waals surface area contributed by atoms with Crippen LogP contribution >= 0.6 is 0 Å². The van der Waals surface area contributed by atoms with Crippen molar-refractivity contribution in [3.05, 3.63) is 29.8 Å². The van der Waals surface area contributed by atoms with Gasteiger partial charge in [-0.2, -0.15) is 8.42 Å². The van der Waals surface area contributed by atoms with Gasteiger partial charge in [0.15, 0.2) is 0 Å². The van der Waals surface area contributed by atoms with Crippen LogP contribution < -0.4 is 0 Å². The highest BCUT2D eigenvalue weighted by molar-refractivity contribution is 7.86. The van der Waals surface area contributed by atoms with Crippen LogP contribution in [0, 0.1) is 12.3 Å². The quantitative estimate of drug-likeness (QED) is 0.767. The van der Waals surface area contributed by atoms with E-state index in [1.165, 1.54) is 12.1 Å². The van der Waals surface area contributed by atoms with Crippen LogP contribution in [0.2, 0.25) is 0 Å². The molecule has 0 N–H and O–H groups in total. The van der Waals surface area contributed by atoms with E-state index in [9.17, 15) is 12.8 Å². The van der Waals surface area contributed by atoms with E-state index in [1.807, 2.05) is 6.92 Å². The summed E-state index contributed by atoms with van der Waals surface area (Å²) in [7, 11) is -3.82. The molecule has 1 aliphatic rings. The lowest BCUT2D eigenvalue weighted by Crippen LogP contribution is -2.48. The molecule has 0 bridgehead atoms. The first-order valence-electron chi connectivity index (χ1n) is 5.57. The minimum absolute atomic E-state index is 0.0855. The van der Waals surface area contributed by atoms with E-state index in [1.54, 1.807) is 12.1 Å². The van der Waals surface area contributed by atoms with Crippen LogP contribution in [0.3, 0.4) is 0 Å². The number of aryl methyl sites for hydroxylation is 1. The molecule has 0 amide bonds. The minimum atomic E-state index is -3.82. The van der Waals surface area contributed by atoms with Gasteiger partial charge in [-0.15, -0.1) is 0 Å². The number of benzene rings is 1. The lowest BCUT2D eigenvalue weighted by atomic mass is 9.89. The molecule has 1 aromatic rings. The number of hydrogen-bond donors (Lipinski definition) is 0. The minimum Gasteiger partial charge on any atom is -0.380 e. The highest BCUT2D eigenvalue weighted by Crippen LogP contribution is 2.29. The van der Waals surface area contributed by atoms with Gasteiger partial charge in [-0.25, -0.2) is 0 Å². The second kappa shape index (κ2) is 4.95. The maximum Gasteiger partial charge on any atom is 0.296 e. The predicted molar refractivity (Wildman–Crippen MR) is 63.5 cm³/mol. The summed E-state index contributed by atoms with van der Waals surface area (Å²) in [4.78, 5) is 0.0855. The molecule has 0 unspecified atom stereocenters. The van der Waals surface area contributed by atoms with Gasteiger partial charge in [0.1, 0.15) is 6.67 Å². The van der Waals surface area contributed by atoms with E-state index < -0.39 is 22.2 Å². The summed E-state index contributed by atoms with van der Waals surface area (Å²) in [6, 6.07) is 6.33. The molecule has 18 heavy (non-hydrogen) atoms. The fraction of sp³-hybridized carbons (Fsp3) is 0.500.